The highest BCUT2D eigenvalue weighted by Gasteiger charge is 2.15. The van der Waals surface area contributed by atoms with Crippen LogP contribution in [0.3, 0.4) is 0 Å². The lowest BCUT2D eigenvalue weighted by Crippen LogP contribution is -2.36. The van der Waals surface area contributed by atoms with Gasteiger partial charge in [-0.05, 0) is 43.6 Å². The van der Waals surface area contributed by atoms with E-state index in [0.29, 0.717) is 13.1 Å². The highest BCUT2D eigenvalue weighted by atomic mass is 16.5. The van der Waals surface area contributed by atoms with Crippen molar-refractivity contribution in [1.29, 1.82) is 0 Å². The molecule has 0 radical (unpaired) electrons. The van der Waals surface area contributed by atoms with E-state index in [9.17, 15) is 5.11 Å². The minimum absolute atomic E-state index is 0.316. The lowest BCUT2D eigenvalue weighted by atomic mass is 10.2. The highest BCUT2D eigenvalue weighted by molar-refractivity contribution is 5.42. The molecule has 0 aliphatic carbocycles. The van der Waals surface area contributed by atoms with Crippen LogP contribution in [0, 0.1) is 0 Å². The molecule has 1 saturated heterocycles. The van der Waals surface area contributed by atoms with Gasteiger partial charge in [-0.2, -0.15) is 0 Å². The average Bonchev–Trinajstić information content (AvgIpc) is 2.99. The van der Waals surface area contributed by atoms with Crippen LogP contribution >= 0.6 is 0 Å². The van der Waals surface area contributed by atoms with Crippen LogP contribution in [0.1, 0.15) is 18.4 Å². The number of nitrogens with one attached hydrogen (secondary N) is 1. The van der Waals surface area contributed by atoms with Gasteiger partial charge in [-0.25, -0.2) is 0 Å². The van der Waals surface area contributed by atoms with Gasteiger partial charge < -0.3 is 24.8 Å². The molecular formula is C16H26N2O3. The number of β-amino-alcohol motifs (C(OH)–C–C–N with tert-alkyl or cyclic N) is 1. The lowest BCUT2D eigenvalue weighted by molar-refractivity contribution is 0.123. The molecule has 0 aromatic heterocycles. The molecule has 2 N–H and O–H groups in total. The molecule has 5 heteroatoms. The number of likely N-dealkylation sites (tertiary alicyclic amines) is 1. The predicted molar refractivity (Wildman–Crippen MR) is 82.9 cm³/mol. The van der Waals surface area contributed by atoms with E-state index in [-0.39, 0.29) is 6.10 Å². The highest BCUT2D eigenvalue weighted by Crippen LogP contribution is 2.27. The Balaban J connectivity index is 1.74. The lowest BCUT2D eigenvalue weighted by Gasteiger charge is -2.19. The molecule has 1 aromatic carbocycles. The second kappa shape index (κ2) is 8.22. The second-order valence-corrected chi connectivity index (χ2v) is 5.48. The summed E-state index contributed by atoms with van der Waals surface area (Å²) in [5.41, 5.74) is 1.11. The molecule has 0 saturated carbocycles. The molecule has 0 spiro atoms. The molecule has 0 bridgehead atoms. The van der Waals surface area contributed by atoms with Gasteiger partial charge in [-0.15, -0.1) is 0 Å². The maximum absolute atomic E-state index is 10.0. The maximum Gasteiger partial charge on any atom is 0.161 e. The van der Waals surface area contributed by atoms with Crippen LogP contribution in [0.5, 0.6) is 11.5 Å². The normalized spacial score (nSPS) is 16.9. The third-order valence-corrected chi connectivity index (χ3v) is 3.82. The van der Waals surface area contributed by atoms with Crippen molar-refractivity contribution in [3.05, 3.63) is 23.8 Å². The Morgan fingerprint density at radius 2 is 1.90 bits per heavy atom. The summed E-state index contributed by atoms with van der Waals surface area (Å²) in [6.07, 6.45) is 2.20. The Morgan fingerprint density at radius 1 is 1.19 bits per heavy atom. The number of rotatable bonds is 8. The van der Waals surface area contributed by atoms with Gasteiger partial charge in [0.2, 0.25) is 0 Å². The van der Waals surface area contributed by atoms with Crippen LogP contribution in [0.15, 0.2) is 18.2 Å². The van der Waals surface area contributed by atoms with Gasteiger partial charge >= 0.3 is 0 Å². The van der Waals surface area contributed by atoms with Crippen LogP contribution < -0.4 is 14.8 Å². The Morgan fingerprint density at radius 3 is 2.57 bits per heavy atom. The van der Waals surface area contributed by atoms with Crippen LogP contribution in [0.2, 0.25) is 0 Å². The van der Waals surface area contributed by atoms with E-state index in [2.05, 4.69) is 10.2 Å². The third kappa shape index (κ3) is 4.88. The summed E-state index contributed by atoms with van der Waals surface area (Å²) in [6.45, 7) is 4.31. The minimum atomic E-state index is -0.316. The van der Waals surface area contributed by atoms with Crippen molar-refractivity contribution in [3.63, 3.8) is 0 Å². The van der Waals surface area contributed by atoms with Crippen molar-refractivity contribution in [2.24, 2.45) is 0 Å². The van der Waals surface area contributed by atoms with E-state index in [4.69, 9.17) is 9.47 Å². The van der Waals surface area contributed by atoms with Gasteiger partial charge in [0.1, 0.15) is 0 Å². The Hall–Kier alpha value is -1.30. The molecular weight excluding hydrogens is 268 g/mol. The fourth-order valence-corrected chi connectivity index (χ4v) is 2.70. The zero-order chi connectivity index (χ0) is 15.1. The van der Waals surface area contributed by atoms with E-state index >= 15 is 0 Å². The Bertz CT molecular complexity index is 434. The van der Waals surface area contributed by atoms with E-state index in [1.807, 2.05) is 18.2 Å². The van der Waals surface area contributed by atoms with E-state index in [1.54, 1.807) is 14.2 Å². The van der Waals surface area contributed by atoms with Crippen LogP contribution in [0.25, 0.3) is 0 Å². The van der Waals surface area contributed by atoms with E-state index < -0.39 is 0 Å². The topological polar surface area (TPSA) is 54.0 Å². The standard InChI is InChI=1S/C16H26N2O3/c1-20-15-6-5-13(9-16(15)21-2)10-17-11-14(19)12-18-7-3-4-8-18/h5-6,9,14,17,19H,3-4,7-8,10-12H2,1-2H3. The molecule has 5 nitrogen and oxygen atoms in total. The summed E-state index contributed by atoms with van der Waals surface area (Å²) < 4.78 is 10.5. The van der Waals surface area contributed by atoms with Gasteiger partial charge in [0.05, 0.1) is 20.3 Å². The monoisotopic (exact) mass is 294 g/mol. The molecule has 1 fully saturated rings. The first-order valence-corrected chi connectivity index (χ1v) is 7.55. The van der Waals surface area contributed by atoms with Crippen LogP contribution in [-0.4, -0.2) is 56.5 Å². The number of aliphatic hydroxyl groups is 1. The van der Waals surface area contributed by atoms with Crippen molar-refractivity contribution in [2.45, 2.75) is 25.5 Å². The van der Waals surface area contributed by atoms with Gasteiger partial charge in [0.25, 0.3) is 0 Å². The zero-order valence-corrected chi connectivity index (χ0v) is 13.0. The van der Waals surface area contributed by atoms with Gasteiger partial charge in [-0.3, -0.25) is 0 Å². The fraction of sp³-hybridized carbons (Fsp3) is 0.625. The van der Waals surface area contributed by atoms with E-state index in [1.165, 1.54) is 12.8 Å². The summed E-state index contributed by atoms with van der Waals surface area (Å²) in [7, 11) is 3.26. The number of ether oxygens (including phenoxy) is 2. The Kier molecular flexibility index (Phi) is 6.29. The summed E-state index contributed by atoms with van der Waals surface area (Å²) in [5.74, 6) is 1.46. The Labute approximate surface area is 126 Å². The number of nitrogens with zero attached hydrogens (tertiary/aromatic N) is 1. The molecule has 0 amide bonds. The maximum atomic E-state index is 10.0. The van der Waals surface area contributed by atoms with Crippen molar-refractivity contribution >= 4 is 0 Å². The summed E-state index contributed by atoms with van der Waals surface area (Å²) in [5, 5.41) is 13.3. The zero-order valence-electron chi connectivity index (χ0n) is 13.0. The van der Waals surface area contributed by atoms with Gasteiger partial charge in [0.15, 0.2) is 11.5 Å². The number of methoxy groups -OCH3 is 2. The van der Waals surface area contributed by atoms with Gasteiger partial charge in [0, 0.05) is 19.6 Å². The first-order chi connectivity index (χ1) is 10.2. The predicted octanol–water partition coefficient (Wildman–Crippen LogP) is 1.25. The molecule has 1 unspecified atom stereocenters. The number of hydrogen-bond acceptors (Lipinski definition) is 5. The van der Waals surface area contributed by atoms with Crippen LogP contribution in [-0.2, 0) is 6.54 Å². The third-order valence-electron chi connectivity index (χ3n) is 3.82. The number of benzene rings is 1. The molecule has 1 aromatic rings. The van der Waals surface area contributed by atoms with Gasteiger partial charge in [-0.1, -0.05) is 6.07 Å². The van der Waals surface area contributed by atoms with Crippen molar-refractivity contribution < 1.29 is 14.6 Å². The minimum Gasteiger partial charge on any atom is -0.493 e. The number of aliphatic hydroxyl groups excluding tert-OH is 1. The molecule has 1 aliphatic rings. The first kappa shape index (κ1) is 16.1. The SMILES string of the molecule is COc1ccc(CNCC(O)CN2CCCC2)cc1OC. The van der Waals surface area contributed by atoms with E-state index in [0.717, 1.165) is 36.7 Å². The number of hydrogen-bond donors (Lipinski definition) is 2. The summed E-state index contributed by atoms with van der Waals surface area (Å²) in [6, 6.07) is 5.86. The fourth-order valence-electron chi connectivity index (χ4n) is 2.70. The van der Waals surface area contributed by atoms with Crippen molar-refractivity contribution in [1.82, 2.24) is 10.2 Å². The van der Waals surface area contributed by atoms with Crippen molar-refractivity contribution in [2.75, 3.05) is 40.4 Å². The summed E-state index contributed by atoms with van der Waals surface area (Å²) >= 11 is 0. The average molecular weight is 294 g/mol. The molecule has 1 heterocycles. The molecule has 1 atom stereocenters. The largest absolute Gasteiger partial charge is 0.493 e. The molecule has 118 valence electrons. The molecule has 2 rings (SSSR count). The first-order valence-electron chi connectivity index (χ1n) is 7.55. The second-order valence-electron chi connectivity index (χ2n) is 5.48. The summed E-state index contributed by atoms with van der Waals surface area (Å²) in [4.78, 5) is 2.32. The van der Waals surface area contributed by atoms with Crippen molar-refractivity contribution in [3.8, 4) is 11.5 Å². The molecule has 1 aliphatic heterocycles. The quantitative estimate of drug-likeness (QED) is 0.756. The smallest absolute Gasteiger partial charge is 0.161 e. The molecule has 21 heavy (non-hydrogen) atoms. The van der Waals surface area contributed by atoms with Crippen LogP contribution in [0.4, 0.5) is 0 Å².